The molecule has 0 aliphatic rings. The second kappa shape index (κ2) is 6.17. The first-order valence-corrected chi connectivity index (χ1v) is 5.43. The number of amides is 1. The summed E-state index contributed by atoms with van der Waals surface area (Å²) in [6, 6.07) is 0. The maximum absolute atomic E-state index is 11.5. The van der Waals surface area contributed by atoms with Gasteiger partial charge in [-0.05, 0) is 0 Å². The van der Waals surface area contributed by atoms with Crippen molar-refractivity contribution < 1.29 is 4.79 Å². The highest BCUT2D eigenvalue weighted by molar-refractivity contribution is 7.07. The third-order valence-corrected chi connectivity index (χ3v) is 2.45. The van der Waals surface area contributed by atoms with Gasteiger partial charge in [-0.3, -0.25) is 10.1 Å². The molecule has 1 aromatic rings. The summed E-state index contributed by atoms with van der Waals surface area (Å²) in [7, 11) is 1.75. The molecule has 5 heteroatoms. The van der Waals surface area contributed by atoms with Gasteiger partial charge in [0.1, 0.15) is 0 Å². The van der Waals surface area contributed by atoms with E-state index in [-0.39, 0.29) is 12.5 Å². The molecule has 0 bridgehead atoms. The number of hydrogen-bond donors (Lipinski definition) is 1. The summed E-state index contributed by atoms with van der Waals surface area (Å²) in [4.78, 5) is 17.2. The van der Waals surface area contributed by atoms with Crippen LogP contribution in [-0.4, -0.2) is 35.9 Å². The fourth-order valence-electron chi connectivity index (χ4n) is 1.02. The van der Waals surface area contributed by atoms with E-state index in [9.17, 15) is 4.79 Å². The molecule has 1 heterocycles. The quantitative estimate of drug-likeness (QED) is 0.578. The summed E-state index contributed by atoms with van der Waals surface area (Å²) in [5.41, 5.74) is 2.66. The van der Waals surface area contributed by atoms with Crippen molar-refractivity contribution in [1.82, 2.24) is 15.2 Å². The lowest BCUT2D eigenvalue weighted by atomic mass is 10.4. The Kier molecular flexibility index (Phi) is 4.81. The zero-order valence-electron chi connectivity index (χ0n) is 8.56. The van der Waals surface area contributed by atoms with Gasteiger partial charge in [-0.25, -0.2) is 4.98 Å². The number of carbonyl (C=O) groups is 1. The van der Waals surface area contributed by atoms with Crippen LogP contribution in [0, 0.1) is 12.3 Å². The summed E-state index contributed by atoms with van der Waals surface area (Å²) in [5.74, 6) is 2.43. The van der Waals surface area contributed by atoms with Crippen molar-refractivity contribution in [3.63, 3.8) is 0 Å². The molecule has 80 valence electrons. The minimum atomic E-state index is 0.0123. The van der Waals surface area contributed by atoms with Crippen LogP contribution in [0.1, 0.15) is 5.69 Å². The predicted molar refractivity (Wildman–Crippen MR) is 60.3 cm³/mol. The lowest BCUT2D eigenvalue weighted by Crippen LogP contribution is -2.35. The first-order valence-electron chi connectivity index (χ1n) is 4.49. The van der Waals surface area contributed by atoms with Crippen molar-refractivity contribution in [2.24, 2.45) is 0 Å². The second-order valence-electron chi connectivity index (χ2n) is 3.04. The molecule has 0 aliphatic carbocycles. The minimum Gasteiger partial charge on any atom is -0.339 e. The lowest BCUT2D eigenvalue weighted by Gasteiger charge is -2.15. The molecule has 0 aromatic carbocycles. The summed E-state index contributed by atoms with van der Waals surface area (Å²) in [6.45, 7) is 1.22. The van der Waals surface area contributed by atoms with Crippen molar-refractivity contribution in [2.75, 3.05) is 20.1 Å². The molecule has 1 aromatic heterocycles. The first-order chi connectivity index (χ1) is 7.24. The zero-order valence-corrected chi connectivity index (χ0v) is 9.38. The maximum atomic E-state index is 11.5. The van der Waals surface area contributed by atoms with Crippen molar-refractivity contribution in [2.45, 2.75) is 6.54 Å². The van der Waals surface area contributed by atoms with E-state index in [4.69, 9.17) is 6.42 Å². The minimum absolute atomic E-state index is 0.0123. The van der Waals surface area contributed by atoms with Crippen LogP contribution >= 0.6 is 11.3 Å². The van der Waals surface area contributed by atoms with Crippen LogP contribution in [0.3, 0.4) is 0 Å². The molecule has 1 rings (SSSR count). The molecule has 4 nitrogen and oxygen atoms in total. The van der Waals surface area contributed by atoms with Crippen molar-refractivity contribution >= 4 is 17.2 Å². The highest BCUT2D eigenvalue weighted by Gasteiger charge is 2.08. The van der Waals surface area contributed by atoms with Gasteiger partial charge in [0.2, 0.25) is 5.91 Å². The van der Waals surface area contributed by atoms with Crippen LogP contribution in [0.4, 0.5) is 0 Å². The van der Waals surface area contributed by atoms with Crippen LogP contribution in [0.25, 0.3) is 0 Å². The van der Waals surface area contributed by atoms with E-state index in [0.717, 1.165) is 5.69 Å². The van der Waals surface area contributed by atoms with Gasteiger partial charge in [0.25, 0.3) is 0 Å². The fourth-order valence-corrected chi connectivity index (χ4v) is 1.57. The van der Waals surface area contributed by atoms with Gasteiger partial charge in [0.05, 0.1) is 30.8 Å². The molecule has 1 N–H and O–H groups in total. The Bertz CT molecular complexity index is 342. The molecular formula is C10H13N3OS. The fraction of sp³-hybridized carbons (Fsp3) is 0.400. The Morgan fingerprint density at radius 3 is 3.20 bits per heavy atom. The largest absolute Gasteiger partial charge is 0.339 e. The van der Waals surface area contributed by atoms with Crippen molar-refractivity contribution in [3.8, 4) is 12.3 Å². The molecule has 0 radical (unpaired) electrons. The molecule has 0 fully saturated rings. The maximum Gasteiger partial charge on any atom is 0.236 e. The van der Waals surface area contributed by atoms with E-state index in [1.54, 1.807) is 17.5 Å². The lowest BCUT2D eigenvalue weighted by molar-refractivity contribution is -0.129. The average Bonchev–Trinajstić information content (AvgIpc) is 2.70. The highest BCUT2D eigenvalue weighted by atomic mass is 32.1. The Hall–Kier alpha value is -1.38. The van der Waals surface area contributed by atoms with E-state index < -0.39 is 0 Å². The third kappa shape index (κ3) is 4.11. The van der Waals surface area contributed by atoms with Crippen LogP contribution < -0.4 is 5.32 Å². The molecule has 0 unspecified atom stereocenters. The molecule has 15 heavy (non-hydrogen) atoms. The van der Waals surface area contributed by atoms with E-state index >= 15 is 0 Å². The van der Waals surface area contributed by atoms with Crippen LogP contribution in [0.2, 0.25) is 0 Å². The number of likely N-dealkylation sites (N-methyl/N-ethyl adjacent to an activating group) is 1. The number of terminal acetylenes is 1. The highest BCUT2D eigenvalue weighted by Crippen LogP contribution is 2.03. The normalized spacial score (nSPS) is 9.60. The molecule has 0 saturated heterocycles. The molecule has 0 atom stereocenters. The number of carbonyl (C=O) groups excluding carboxylic acids is 1. The van der Waals surface area contributed by atoms with Gasteiger partial charge in [0, 0.05) is 12.4 Å². The molecule has 1 amide bonds. The second-order valence-corrected chi connectivity index (χ2v) is 3.76. The number of nitrogens with zero attached hydrogens (tertiary/aromatic N) is 2. The summed E-state index contributed by atoms with van der Waals surface area (Å²) in [6.07, 6.45) is 5.05. The zero-order chi connectivity index (χ0) is 11.1. The third-order valence-electron chi connectivity index (χ3n) is 1.81. The molecule has 0 aliphatic heterocycles. The van der Waals surface area contributed by atoms with Gasteiger partial charge in [-0.15, -0.1) is 17.8 Å². The summed E-state index contributed by atoms with van der Waals surface area (Å²) >= 11 is 1.52. The number of aromatic nitrogens is 1. The van der Waals surface area contributed by atoms with Crippen LogP contribution in [0.5, 0.6) is 0 Å². The molecule has 0 spiro atoms. The topological polar surface area (TPSA) is 45.2 Å². The van der Waals surface area contributed by atoms with E-state index in [1.165, 1.54) is 11.3 Å². The number of rotatable bonds is 5. The van der Waals surface area contributed by atoms with Gasteiger partial charge in [-0.1, -0.05) is 5.92 Å². The Morgan fingerprint density at radius 2 is 2.60 bits per heavy atom. The Morgan fingerprint density at radius 1 is 1.80 bits per heavy atom. The van der Waals surface area contributed by atoms with E-state index in [0.29, 0.717) is 13.1 Å². The standard InChI is InChI=1S/C10H13N3OS/c1-3-4-11-5-10(14)13(2)6-9-7-15-8-12-9/h1,7-8,11H,4-6H2,2H3. The first kappa shape index (κ1) is 11.7. The van der Waals surface area contributed by atoms with Gasteiger partial charge in [0.15, 0.2) is 0 Å². The smallest absolute Gasteiger partial charge is 0.236 e. The average molecular weight is 223 g/mol. The van der Waals surface area contributed by atoms with Gasteiger partial charge in [-0.2, -0.15) is 0 Å². The predicted octanol–water partition coefficient (Wildman–Crippen LogP) is 0.324. The van der Waals surface area contributed by atoms with Gasteiger partial charge < -0.3 is 4.90 Å². The number of nitrogens with one attached hydrogen (secondary N) is 1. The van der Waals surface area contributed by atoms with Gasteiger partial charge >= 0.3 is 0 Å². The van der Waals surface area contributed by atoms with Crippen molar-refractivity contribution in [1.29, 1.82) is 0 Å². The van der Waals surface area contributed by atoms with Crippen LogP contribution in [0.15, 0.2) is 10.9 Å². The monoisotopic (exact) mass is 223 g/mol. The summed E-state index contributed by atoms with van der Waals surface area (Å²) < 4.78 is 0. The van der Waals surface area contributed by atoms with E-state index in [1.807, 2.05) is 5.38 Å². The van der Waals surface area contributed by atoms with Crippen LogP contribution in [-0.2, 0) is 11.3 Å². The Balaban J connectivity index is 2.31. The number of hydrogen-bond acceptors (Lipinski definition) is 4. The molecular weight excluding hydrogens is 210 g/mol. The van der Waals surface area contributed by atoms with E-state index in [2.05, 4.69) is 16.2 Å². The Labute approximate surface area is 93.3 Å². The number of thiazole rings is 1. The summed E-state index contributed by atoms with van der Waals surface area (Å²) in [5, 5.41) is 4.78. The molecule has 0 saturated carbocycles. The SMILES string of the molecule is C#CCNCC(=O)N(C)Cc1cscn1. The van der Waals surface area contributed by atoms with Crippen molar-refractivity contribution in [3.05, 3.63) is 16.6 Å².